The van der Waals surface area contributed by atoms with Gasteiger partial charge in [0, 0.05) is 19.6 Å². The van der Waals surface area contributed by atoms with Crippen LogP contribution in [0.4, 0.5) is 0 Å². The van der Waals surface area contributed by atoms with Crippen molar-refractivity contribution in [3.63, 3.8) is 0 Å². The van der Waals surface area contributed by atoms with Crippen molar-refractivity contribution in [3.05, 3.63) is 24.3 Å². The van der Waals surface area contributed by atoms with Crippen LogP contribution in [0, 0.1) is 0 Å². The zero-order valence-electron chi connectivity index (χ0n) is 10.8. The van der Waals surface area contributed by atoms with E-state index in [1.165, 1.54) is 11.4 Å². The molecule has 19 heavy (non-hydrogen) atoms. The first-order valence-corrected chi connectivity index (χ1v) is 7.48. The van der Waals surface area contributed by atoms with Crippen molar-refractivity contribution in [2.24, 2.45) is 5.73 Å². The van der Waals surface area contributed by atoms with E-state index in [1.54, 1.807) is 24.3 Å². The number of methoxy groups -OCH3 is 1. The van der Waals surface area contributed by atoms with Gasteiger partial charge in [-0.1, -0.05) is 12.1 Å². The van der Waals surface area contributed by atoms with Crippen LogP contribution < -0.4 is 10.5 Å². The first-order valence-electron chi connectivity index (χ1n) is 6.04. The van der Waals surface area contributed by atoms with E-state index in [0.717, 1.165) is 0 Å². The van der Waals surface area contributed by atoms with Crippen LogP contribution in [-0.2, 0) is 14.8 Å². The highest BCUT2D eigenvalue weighted by Crippen LogP contribution is 2.27. The third-order valence-electron chi connectivity index (χ3n) is 3.05. The van der Waals surface area contributed by atoms with Gasteiger partial charge in [0.25, 0.3) is 0 Å². The van der Waals surface area contributed by atoms with Gasteiger partial charge in [-0.05, 0) is 12.1 Å². The highest BCUT2D eigenvalue weighted by Gasteiger charge is 2.32. The molecule has 1 heterocycles. The molecule has 1 unspecified atom stereocenters. The van der Waals surface area contributed by atoms with E-state index in [4.69, 9.17) is 15.2 Å². The highest BCUT2D eigenvalue weighted by atomic mass is 32.2. The molecule has 0 bridgehead atoms. The molecular weight excluding hydrogens is 268 g/mol. The Hall–Kier alpha value is -1.15. The molecule has 6 nitrogen and oxygen atoms in total. The normalized spacial score (nSPS) is 21.3. The Kier molecular flexibility index (Phi) is 4.41. The van der Waals surface area contributed by atoms with Crippen molar-refractivity contribution >= 4 is 10.0 Å². The molecule has 0 amide bonds. The molecule has 7 heteroatoms. The predicted octanol–water partition coefficient (Wildman–Crippen LogP) is 0.0434. The number of hydrogen-bond acceptors (Lipinski definition) is 5. The SMILES string of the molecule is COc1ccccc1S(=O)(=O)N1CCOC(CN)C1. The summed E-state index contributed by atoms with van der Waals surface area (Å²) in [7, 11) is -2.12. The maximum atomic E-state index is 12.6. The summed E-state index contributed by atoms with van der Waals surface area (Å²) in [5.74, 6) is 0.346. The Balaban J connectivity index is 2.31. The maximum absolute atomic E-state index is 12.6. The third kappa shape index (κ3) is 2.89. The second-order valence-corrected chi connectivity index (χ2v) is 6.15. The van der Waals surface area contributed by atoms with Crippen LogP contribution in [0.3, 0.4) is 0 Å². The van der Waals surface area contributed by atoms with Crippen LogP contribution >= 0.6 is 0 Å². The topological polar surface area (TPSA) is 81.9 Å². The average molecular weight is 286 g/mol. The van der Waals surface area contributed by atoms with E-state index >= 15 is 0 Å². The fourth-order valence-corrected chi connectivity index (χ4v) is 3.64. The Morgan fingerprint density at radius 3 is 2.89 bits per heavy atom. The largest absolute Gasteiger partial charge is 0.495 e. The summed E-state index contributed by atoms with van der Waals surface area (Å²) >= 11 is 0. The zero-order valence-corrected chi connectivity index (χ0v) is 11.6. The van der Waals surface area contributed by atoms with Gasteiger partial charge >= 0.3 is 0 Å². The summed E-state index contributed by atoms with van der Waals surface area (Å²) in [5, 5.41) is 0. The molecule has 1 aliphatic heterocycles. The number of nitrogens with two attached hydrogens (primary N) is 1. The van der Waals surface area contributed by atoms with E-state index in [2.05, 4.69) is 0 Å². The minimum absolute atomic E-state index is 0.176. The quantitative estimate of drug-likeness (QED) is 0.845. The van der Waals surface area contributed by atoms with Crippen molar-refractivity contribution in [1.82, 2.24) is 4.31 Å². The van der Waals surface area contributed by atoms with Crippen molar-refractivity contribution in [2.75, 3.05) is 33.4 Å². The van der Waals surface area contributed by atoms with Gasteiger partial charge in [-0.2, -0.15) is 4.31 Å². The van der Waals surface area contributed by atoms with Gasteiger partial charge in [0.05, 0.1) is 19.8 Å². The molecule has 0 saturated carbocycles. The molecule has 0 aliphatic carbocycles. The monoisotopic (exact) mass is 286 g/mol. The fourth-order valence-electron chi connectivity index (χ4n) is 2.02. The Labute approximate surface area is 113 Å². The molecule has 0 spiro atoms. The molecule has 1 aromatic rings. The molecule has 2 rings (SSSR count). The van der Waals surface area contributed by atoms with Gasteiger partial charge in [0.1, 0.15) is 10.6 Å². The van der Waals surface area contributed by atoms with Gasteiger partial charge in [-0.15, -0.1) is 0 Å². The van der Waals surface area contributed by atoms with E-state index in [9.17, 15) is 8.42 Å². The highest BCUT2D eigenvalue weighted by molar-refractivity contribution is 7.89. The number of para-hydroxylation sites is 1. The van der Waals surface area contributed by atoms with Crippen LogP contribution in [0.1, 0.15) is 0 Å². The molecule has 1 aromatic carbocycles. The molecule has 0 aromatic heterocycles. The standard InChI is InChI=1S/C12H18N2O4S/c1-17-11-4-2-3-5-12(11)19(15,16)14-6-7-18-10(8-13)9-14/h2-5,10H,6-9,13H2,1H3. The third-order valence-corrected chi connectivity index (χ3v) is 4.96. The van der Waals surface area contributed by atoms with Crippen LogP contribution in [0.2, 0.25) is 0 Å². The Bertz CT molecular complexity index is 532. The van der Waals surface area contributed by atoms with Crippen LogP contribution in [-0.4, -0.2) is 52.2 Å². The smallest absolute Gasteiger partial charge is 0.246 e. The summed E-state index contributed by atoms with van der Waals surface area (Å²) in [6.45, 7) is 1.27. The van der Waals surface area contributed by atoms with Crippen LogP contribution in [0.15, 0.2) is 29.2 Å². The number of benzene rings is 1. The van der Waals surface area contributed by atoms with Gasteiger partial charge in [-0.3, -0.25) is 0 Å². The number of hydrogen-bond donors (Lipinski definition) is 1. The van der Waals surface area contributed by atoms with E-state index in [0.29, 0.717) is 25.4 Å². The fraction of sp³-hybridized carbons (Fsp3) is 0.500. The van der Waals surface area contributed by atoms with Crippen LogP contribution in [0.25, 0.3) is 0 Å². The minimum Gasteiger partial charge on any atom is -0.495 e. The van der Waals surface area contributed by atoms with Gasteiger partial charge < -0.3 is 15.2 Å². The predicted molar refractivity (Wildman–Crippen MR) is 70.5 cm³/mol. The summed E-state index contributed by atoms with van der Waals surface area (Å²) in [6.07, 6.45) is -0.252. The lowest BCUT2D eigenvalue weighted by Gasteiger charge is -2.31. The first kappa shape index (κ1) is 14.3. The lowest BCUT2D eigenvalue weighted by atomic mass is 10.3. The first-order chi connectivity index (χ1) is 9.09. The molecule has 1 fully saturated rings. The molecule has 1 saturated heterocycles. The van der Waals surface area contributed by atoms with Gasteiger partial charge in [0.2, 0.25) is 10.0 Å². The Morgan fingerprint density at radius 1 is 1.47 bits per heavy atom. The molecule has 2 N–H and O–H groups in total. The summed E-state index contributed by atoms with van der Waals surface area (Å²) in [4.78, 5) is 0.176. The number of ether oxygens (including phenoxy) is 2. The lowest BCUT2D eigenvalue weighted by molar-refractivity contribution is 0.00447. The van der Waals surface area contributed by atoms with Gasteiger partial charge in [-0.25, -0.2) is 8.42 Å². The number of morpholine rings is 1. The lowest BCUT2D eigenvalue weighted by Crippen LogP contribution is -2.48. The minimum atomic E-state index is -3.58. The van der Waals surface area contributed by atoms with Gasteiger partial charge in [0.15, 0.2) is 0 Å². The number of rotatable bonds is 4. The van der Waals surface area contributed by atoms with E-state index < -0.39 is 10.0 Å². The van der Waals surface area contributed by atoms with Crippen molar-refractivity contribution in [2.45, 2.75) is 11.0 Å². The summed E-state index contributed by atoms with van der Waals surface area (Å²) in [6, 6.07) is 6.59. The Morgan fingerprint density at radius 2 is 2.21 bits per heavy atom. The second-order valence-electron chi connectivity index (χ2n) is 4.24. The van der Waals surface area contributed by atoms with Crippen molar-refractivity contribution in [3.8, 4) is 5.75 Å². The van der Waals surface area contributed by atoms with Crippen LogP contribution in [0.5, 0.6) is 5.75 Å². The summed E-state index contributed by atoms with van der Waals surface area (Å²) in [5.41, 5.74) is 5.53. The van der Waals surface area contributed by atoms with E-state index in [1.807, 2.05) is 0 Å². The number of nitrogens with zero attached hydrogens (tertiary/aromatic N) is 1. The average Bonchev–Trinajstić information content (AvgIpc) is 2.47. The second kappa shape index (κ2) is 5.87. The van der Waals surface area contributed by atoms with Crippen molar-refractivity contribution < 1.29 is 17.9 Å². The van der Waals surface area contributed by atoms with Crippen molar-refractivity contribution in [1.29, 1.82) is 0 Å². The molecular formula is C12H18N2O4S. The number of sulfonamides is 1. The molecule has 0 radical (unpaired) electrons. The zero-order chi connectivity index (χ0) is 13.9. The van der Waals surface area contributed by atoms with E-state index in [-0.39, 0.29) is 17.5 Å². The summed E-state index contributed by atoms with van der Waals surface area (Å²) < 4.78 is 37.0. The maximum Gasteiger partial charge on any atom is 0.246 e. The molecule has 1 aliphatic rings. The molecule has 106 valence electrons. The molecule has 1 atom stereocenters.